The van der Waals surface area contributed by atoms with Gasteiger partial charge in [0.25, 0.3) is 0 Å². The Morgan fingerprint density at radius 3 is 1.72 bits per heavy atom. The zero-order valence-corrected chi connectivity index (χ0v) is 20.6. The van der Waals surface area contributed by atoms with E-state index in [1.807, 2.05) is 12.1 Å². The molecule has 5 heteroatoms. The van der Waals surface area contributed by atoms with Gasteiger partial charge in [0.1, 0.15) is 5.82 Å². The molecule has 0 aliphatic heterocycles. The molecule has 0 N–H and O–H groups in total. The molecule has 0 heterocycles. The maximum atomic E-state index is 13.4. The summed E-state index contributed by atoms with van der Waals surface area (Å²) in [5, 5.41) is 0.552. The van der Waals surface area contributed by atoms with E-state index in [2.05, 4.69) is 67.7 Å². The first-order valence-corrected chi connectivity index (χ1v) is 16.0. The van der Waals surface area contributed by atoms with Crippen LogP contribution in [0, 0.1) is 5.82 Å². The molecule has 0 fully saturated rings. The van der Waals surface area contributed by atoms with Gasteiger partial charge in [-0.1, -0.05) is 72.8 Å². The van der Waals surface area contributed by atoms with E-state index >= 15 is 0 Å². The van der Waals surface area contributed by atoms with Gasteiger partial charge in [-0.15, -0.1) is 0 Å². The van der Waals surface area contributed by atoms with Crippen LogP contribution in [0.1, 0.15) is 47.1 Å². The van der Waals surface area contributed by atoms with Crippen LogP contribution in [-0.4, -0.2) is 22.3 Å². The Bertz CT molecular complexity index is 514. The van der Waals surface area contributed by atoms with Crippen LogP contribution in [-0.2, 0) is 10.8 Å². The second-order valence-corrected chi connectivity index (χ2v) is 21.8. The summed E-state index contributed by atoms with van der Waals surface area (Å²) in [6.07, 6.45) is 0.652. The Morgan fingerprint density at radius 2 is 1.36 bits per heavy atom. The van der Waals surface area contributed by atoms with Gasteiger partial charge in [-0.25, -0.2) is 4.39 Å². The third-order valence-corrected chi connectivity index (χ3v) is 15.2. The Morgan fingerprint density at radius 1 is 0.920 bits per heavy atom. The molecule has 0 bridgehead atoms. The van der Waals surface area contributed by atoms with E-state index in [-0.39, 0.29) is 10.9 Å². The molecule has 146 valence electrons. The van der Waals surface area contributed by atoms with E-state index in [1.165, 1.54) is 6.07 Å². The fraction of sp³-hybridized carbons (Fsp3) is 0.700. The van der Waals surface area contributed by atoms with Gasteiger partial charge >= 0.3 is 0 Å². The van der Waals surface area contributed by atoms with Gasteiger partial charge in [-0.05, 0) is 41.2 Å². The molecule has 0 radical (unpaired) electrons. The largest absolute Gasteiger partial charge is 0.416 e. The summed E-state index contributed by atoms with van der Waals surface area (Å²) >= 11 is 6.15. The number of rotatable bonds is 4. The minimum Gasteiger partial charge on any atom is -0.416 e. The lowest BCUT2D eigenvalue weighted by atomic mass is 10.1. The van der Waals surface area contributed by atoms with E-state index < -0.39 is 15.7 Å². The highest BCUT2D eigenvalue weighted by molar-refractivity contribution is 7.20. The maximum absolute atomic E-state index is 13.4. The lowest BCUT2D eigenvalue weighted by Crippen LogP contribution is -2.41. The van der Waals surface area contributed by atoms with Gasteiger partial charge in [0.2, 0.25) is 0 Å². The zero-order valence-electron chi connectivity index (χ0n) is 17.9. The number of halogens is 2. The highest BCUT2D eigenvalue weighted by atomic mass is 35.6. The van der Waals surface area contributed by atoms with Gasteiger partial charge in [-0.2, -0.15) is 11.1 Å². The Kier molecular flexibility index (Phi) is 9.10. The van der Waals surface area contributed by atoms with E-state index in [9.17, 15) is 4.39 Å². The summed E-state index contributed by atoms with van der Waals surface area (Å²) in [6.45, 7) is 22.6. The first kappa shape index (κ1) is 24.8. The molecular weight excluding hydrogens is 367 g/mol. The van der Waals surface area contributed by atoms with E-state index in [1.54, 1.807) is 6.07 Å². The molecule has 0 spiro atoms. The number of benzene rings is 1. The second kappa shape index (κ2) is 9.16. The Labute approximate surface area is 162 Å². The fourth-order valence-electron chi connectivity index (χ4n) is 1.33. The van der Waals surface area contributed by atoms with E-state index in [4.69, 9.17) is 15.5 Å². The molecule has 0 aromatic heterocycles. The van der Waals surface area contributed by atoms with Gasteiger partial charge in [-0.3, -0.25) is 0 Å². The molecule has 0 atom stereocenters. The van der Waals surface area contributed by atoms with Crippen LogP contribution in [0.2, 0.25) is 36.3 Å². The Hall–Kier alpha value is -0.166. The lowest BCUT2D eigenvalue weighted by molar-refractivity contribution is 0.290. The van der Waals surface area contributed by atoms with Crippen molar-refractivity contribution in [3.63, 3.8) is 0 Å². The van der Waals surface area contributed by atoms with Crippen molar-refractivity contribution in [1.82, 2.24) is 0 Å². The molecule has 0 saturated carbocycles. The second-order valence-electron chi connectivity index (χ2n) is 9.67. The summed E-state index contributed by atoms with van der Waals surface area (Å²) in [4.78, 5) is 0. The maximum Gasteiger partial charge on any atom is 0.191 e. The predicted molar refractivity (Wildman–Crippen MR) is 116 cm³/mol. The van der Waals surface area contributed by atoms with Crippen LogP contribution in [0.25, 0.3) is 0 Å². The van der Waals surface area contributed by atoms with Crippen LogP contribution in [0.4, 0.5) is 4.39 Å². The standard InChI is InChI=1S/C14H23FOSi.C6H15ClSi/c1-14(2,3)17(4,5)16-11-10-12-8-6-7-9-13(12)15;1-6(2,3)8(4,5)7/h6-9H,10-11H2,1-5H3;1-5H3. The molecule has 1 aromatic rings. The lowest BCUT2D eigenvalue weighted by Gasteiger charge is -2.36. The average molecular weight is 405 g/mol. The minimum atomic E-state index is -1.70. The van der Waals surface area contributed by atoms with Gasteiger partial charge in [0.15, 0.2) is 15.7 Å². The number of hydrogen-bond donors (Lipinski definition) is 0. The summed E-state index contributed by atoms with van der Waals surface area (Å²) < 4.78 is 19.4. The molecule has 0 aliphatic carbocycles. The van der Waals surface area contributed by atoms with Crippen molar-refractivity contribution in [1.29, 1.82) is 0 Å². The van der Waals surface area contributed by atoms with Crippen molar-refractivity contribution < 1.29 is 8.82 Å². The van der Waals surface area contributed by atoms with Crippen molar-refractivity contribution in [3.05, 3.63) is 35.6 Å². The first-order chi connectivity index (χ1) is 11.0. The smallest absolute Gasteiger partial charge is 0.191 e. The van der Waals surface area contributed by atoms with Crippen molar-refractivity contribution in [2.45, 2.75) is 84.2 Å². The van der Waals surface area contributed by atoms with Crippen molar-refractivity contribution >= 4 is 26.8 Å². The Balaban J connectivity index is 0.000000609. The molecule has 25 heavy (non-hydrogen) atoms. The molecule has 0 saturated heterocycles. The zero-order chi connectivity index (χ0) is 20.1. The first-order valence-electron chi connectivity index (χ1n) is 9.05. The van der Waals surface area contributed by atoms with E-state index in [0.717, 1.165) is 5.56 Å². The fourth-order valence-corrected chi connectivity index (χ4v) is 2.38. The van der Waals surface area contributed by atoms with Crippen molar-refractivity contribution in [3.8, 4) is 0 Å². The third kappa shape index (κ3) is 8.85. The third-order valence-electron chi connectivity index (χ3n) is 5.38. The van der Waals surface area contributed by atoms with Crippen molar-refractivity contribution in [2.75, 3.05) is 6.61 Å². The van der Waals surface area contributed by atoms with E-state index in [0.29, 0.717) is 18.1 Å². The summed E-state index contributed by atoms with van der Waals surface area (Å²) in [5.41, 5.74) is 0.742. The molecule has 0 amide bonds. The summed E-state index contributed by atoms with van der Waals surface area (Å²) in [6, 6.07) is 6.91. The molecule has 1 nitrogen and oxygen atoms in total. The van der Waals surface area contributed by atoms with Crippen molar-refractivity contribution in [2.24, 2.45) is 0 Å². The van der Waals surface area contributed by atoms with Gasteiger partial charge in [0, 0.05) is 6.61 Å². The minimum absolute atomic E-state index is 0.133. The SMILES string of the molecule is CC(C)(C)[Si](C)(C)Cl.CC(C)(C)[Si](C)(C)OCCc1ccccc1F. The summed E-state index contributed by atoms with van der Waals surface area (Å²) in [5.74, 6) is -0.133. The highest BCUT2D eigenvalue weighted by Crippen LogP contribution is 2.38. The van der Waals surface area contributed by atoms with Crippen LogP contribution < -0.4 is 0 Å². The molecule has 0 aliphatic rings. The van der Waals surface area contributed by atoms with Gasteiger partial charge < -0.3 is 4.43 Å². The normalized spacial score (nSPS) is 13.3. The summed E-state index contributed by atoms with van der Waals surface area (Å²) in [7, 11) is -3.09. The highest BCUT2D eigenvalue weighted by Gasteiger charge is 2.36. The monoisotopic (exact) mass is 404 g/mol. The topological polar surface area (TPSA) is 9.23 Å². The number of hydrogen-bond acceptors (Lipinski definition) is 1. The average Bonchev–Trinajstić information content (AvgIpc) is 2.38. The van der Waals surface area contributed by atoms with Crippen LogP contribution in [0.3, 0.4) is 0 Å². The molecule has 1 rings (SSSR count). The molecule has 1 aromatic carbocycles. The van der Waals surface area contributed by atoms with Crippen LogP contribution in [0.5, 0.6) is 0 Å². The van der Waals surface area contributed by atoms with Gasteiger partial charge in [0.05, 0.1) is 0 Å². The molecule has 0 unspecified atom stereocenters. The quantitative estimate of drug-likeness (QED) is 0.370. The van der Waals surface area contributed by atoms with Crippen LogP contribution in [0.15, 0.2) is 24.3 Å². The predicted octanol–water partition coefficient (Wildman–Crippen LogP) is 7.62. The van der Waals surface area contributed by atoms with Crippen LogP contribution >= 0.6 is 11.1 Å². The molecular formula is C20H38ClFOSi2.